The third kappa shape index (κ3) is 2.85. The highest BCUT2D eigenvalue weighted by Gasteiger charge is 2.11. The number of ether oxygens (including phenoxy) is 1. The molecule has 0 N–H and O–H groups in total. The first kappa shape index (κ1) is 12.8. The standard InChI is InChI=1S/C14H17N5O/c1-12-8-14(18-4-6-20-7-5-18)3-2-13(12)9-17-19-10-15-16-11-19/h2-3,8-11H,4-7H2,1H3. The van der Waals surface area contributed by atoms with Crippen LogP contribution < -0.4 is 4.90 Å². The molecular formula is C14H17N5O. The summed E-state index contributed by atoms with van der Waals surface area (Å²) in [4.78, 5) is 2.34. The zero-order chi connectivity index (χ0) is 13.8. The second-order valence-electron chi connectivity index (χ2n) is 4.73. The van der Waals surface area contributed by atoms with Crippen LogP contribution in [0.3, 0.4) is 0 Å². The van der Waals surface area contributed by atoms with Crippen LogP contribution >= 0.6 is 0 Å². The van der Waals surface area contributed by atoms with Crippen LogP contribution in [0.2, 0.25) is 0 Å². The van der Waals surface area contributed by atoms with Gasteiger partial charge in [-0.05, 0) is 30.2 Å². The minimum Gasteiger partial charge on any atom is -0.378 e. The van der Waals surface area contributed by atoms with Crippen LogP contribution in [0.25, 0.3) is 0 Å². The molecule has 0 amide bonds. The topological polar surface area (TPSA) is 55.5 Å². The normalized spacial score (nSPS) is 15.9. The van der Waals surface area contributed by atoms with Crippen molar-refractivity contribution in [3.05, 3.63) is 42.0 Å². The summed E-state index contributed by atoms with van der Waals surface area (Å²) in [6, 6.07) is 6.42. The van der Waals surface area contributed by atoms with Gasteiger partial charge >= 0.3 is 0 Å². The molecule has 0 aliphatic carbocycles. The summed E-state index contributed by atoms with van der Waals surface area (Å²) in [5.74, 6) is 0. The van der Waals surface area contributed by atoms with E-state index in [-0.39, 0.29) is 0 Å². The average molecular weight is 271 g/mol. The Morgan fingerprint density at radius 1 is 1.20 bits per heavy atom. The summed E-state index contributed by atoms with van der Waals surface area (Å²) in [6.45, 7) is 5.60. The van der Waals surface area contributed by atoms with Crippen molar-refractivity contribution in [3.63, 3.8) is 0 Å². The van der Waals surface area contributed by atoms with Gasteiger partial charge in [0, 0.05) is 18.8 Å². The molecule has 0 spiro atoms. The SMILES string of the molecule is Cc1cc(N2CCOCC2)ccc1C=Nn1cnnc1. The fourth-order valence-corrected chi connectivity index (χ4v) is 2.21. The number of aromatic nitrogens is 3. The van der Waals surface area contributed by atoms with Gasteiger partial charge in [0.05, 0.1) is 19.4 Å². The molecule has 0 bridgehead atoms. The van der Waals surface area contributed by atoms with E-state index in [0.29, 0.717) is 0 Å². The molecular weight excluding hydrogens is 254 g/mol. The van der Waals surface area contributed by atoms with Crippen molar-refractivity contribution in [2.45, 2.75) is 6.92 Å². The number of nitrogens with zero attached hydrogens (tertiary/aromatic N) is 5. The number of benzene rings is 1. The van der Waals surface area contributed by atoms with Gasteiger partial charge in [-0.3, -0.25) is 0 Å². The fourth-order valence-electron chi connectivity index (χ4n) is 2.21. The predicted molar refractivity (Wildman–Crippen MR) is 77.2 cm³/mol. The number of rotatable bonds is 3. The number of anilines is 1. The summed E-state index contributed by atoms with van der Waals surface area (Å²) >= 11 is 0. The summed E-state index contributed by atoms with van der Waals surface area (Å²) in [5, 5.41) is 11.7. The molecule has 1 aromatic heterocycles. The van der Waals surface area contributed by atoms with Crippen molar-refractivity contribution in [3.8, 4) is 0 Å². The van der Waals surface area contributed by atoms with Gasteiger partial charge in [-0.1, -0.05) is 6.07 Å². The molecule has 2 aromatic rings. The fraction of sp³-hybridized carbons (Fsp3) is 0.357. The highest BCUT2D eigenvalue weighted by molar-refractivity contribution is 5.82. The average Bonchev–Trinajstić information content (AvgIpc) is 3.00. The van der Waals surface area contributed by atoms with E-state index < -0.39 is 0 Å². The highest BCUT2D eigenvalue weighted by Crippen LogP contribution is 2.19. The molecule has 1 aromatic carbocycles. The van der Waals surface area contributed by atoms with Gasteiger partial charge in [-0.25, -0.2) is 4.68 Å². The van der Waals surface area contributed by atoms with E-state index in [1.54, 1.807) is 17.3 Å². The predicted octanol–water partition coefficient (Wildman–Crippen LogP) is 1.31. The van der Waals surface area contributed by atoms with E-state index in [1.807, 2.05) is 6.21 Å². The van der Waals surface area contributed by atoms with Gasteiger partial charge in [0.1, 0.15) is 12.7 Å². The lowest BCUT2D eigenvalue weighted by Gasteiger charge is -2.29. The molecule has 6 heteroatoms. The maximum atomic E-state index is 5.38. The Morgan fingerprint density at radius 3 is 2.65 bits per heavy atom. The molecule has 0 saturated carbocycles. The van der Waals surface area contributed by atoms with Crippen molar-refractivity contribution in [2.75, 3.05) is 31.2 Å². The highest BCUT2D eigenvalue weighted by atomic mass is 16.5. The summed E-state index contributed by atoms with van der Waals surface area (Å²) in [5.41, 5.74) is 3.54. The summed E-state index contributed by atoms with van der Waals surface area (Å²) in [7, 11) is 0. The molecule has 104 valence electrons. The Labute approximate surface area is 117 Å². The van der Waals surface area contributed by atoms with Gasteiger partial charge in [0.25, 0.3) is 0 Å². The number of hydrogen-bond donors (Lipinski definition) is 0. The molecule has 1 fully saturated rings. The van der Waals surface area contributed by atoms with Crippen LogP contribution in [-0.4, -0.2) is 47.4 Å². The number of aryl methyl sites for hydroxylation is 1. The van der Waals surface area contributed by atoms with E-state index in [4.69, 9.17) is 4.74 Å². The first-order valence-electron chi connectivity index (χ1n) is 6.65. The minimum atomic E-state index is 0.801. The molecule has 1 saturated heterocycles. The maximum Gasteiger partial charge on any atom is 0.141 e. The lowest BCUT2D eigenvalue weighted by molar-refractivity contribution is 0.122. The molecule has 20 heavy (non-hydrogen) atoms. The van der Waals surface area contributed by atoms with Crippen molar-refractivity contribution < 1.29 is 4.74 Å². The second-order valence-corrected chi connectivity index (χ2v) is 4.73. The monoisotopic (exact) mass is 271 g/mol. The van der Waals surface area contributed by atoms with Crippen LogP contribution in [0.1, 0.15) is 11.1 Å². The Bertz CT molecular complexity index is 588. The maximum absolute atomic E-state index is 5.38. The van der Waals surface area contributed by atoms with Crippen LogP contribution in [0.15, 0.2) is 36.0 Å². The first-order valence-corrected chi connectivity index (χ1v) is 6.65. The first-order chi connectivity index (χ1) is 9.83. The molecule has 2 heterocycles. The molecule has 6 nitrogen and oxygen atoms in total. The Kier molecular flexibility index (Phi) is 3.73. The van der Waals surface area contributed by atoms with Crippen LogP contribution in [0.5, 0.6) is 0 Å². The lowest BCUT2D eigenvalue weighted by Crippen LogP contribution is -2.36. The second kappa shape index (κ2) is 5.83. The number of morpholine rings is 1. The smallest absolute Gasteiger partial charge is 0.141 e. The quantitative estimate of drug-likeness (QED) is 0.790. The van der Waals surface area contributed by atoms with Crippen molar-refractivity contribution in [2.24, 2.45) is 5.10 Å². The van der Waals surface area contributed by atoms with Gasteiger partial charge < -0.3 is 9.64 Å². The Morgan fingerprint density at radius 2 is 1.95 bits per heavy atom. The zero-order valence-corrected chi connectivity index (χ0v) is 11.4. The van der Waals surface area contributed by atoms with Crippen LogP contribution in [0.4, 0.5) is 5.69 Å². The third-order valence-corrected chi connectivity index (χ3v) is 3.37. The zero-order valence-electron chi connectivity index (χ0n) is 11.4. The summed E-state index contributed by atoms with van der Waals surface area (Å²) in [6.07, 6.45) is 4.95. The molecule has 3 rings (SSSR count). The molecule has 1 aliphatic heterocycles. The summed E-state index contributed by atoms with van der Waals surface area (Å²) < 4.78 is 6.96. The molecule has 0 atom stereocenters. The van der Waals surface area contributed by atoms with Crippen LogP contribution in [0, 0.1) is 6.92 Å². The molecule has 1 aliphatic rings. The number of hydrogen-bond acceptors (Lipinski definition) is 5. The van der Waals surface area contributed by atoms with Crippen molar-refractivity contribution in [1.29, 1.82) is 0 Å². The lowest BCUT2D eigenvalue weighted by atomic mass is 10.1. The minimum absolute atomic E-state index is 0.801. The van der Waals surface area contributed by atoms with E-state index >= 15 is 0 Å². The molecule has 0 unspecified atom stereocenters. The van der Waals surface area contributed by atoms with E-state index in [0.717, 1.165) is 31.9 Å². The van der Waals surface area contributed by atoms with Gasteiger partial charge in [0.15, 0.2) is 0 Å². The van der Waals surface area contributed by atoms with Gasteiger partial charge in [-0.15, -0.1) is 10.2 Å². The van der Waals surface area contributed by atoms with Gasteiger partial charge in [-0.2, -0.15) is 5.10 Å². The van der Waals surface area contributed by atoms with Crippen molar-refractivity contribution in [1.82, 2.24) is 14.9 Å². The van der Waals surface area contributed by atoms with Gasteiger partial charge in [0.2, 0.25) is 0 Å². The Hall–Kier alpha value is -2.21. The largest absolute Gasteiger partial charge is 0.378 e. The molecule has 0 radical (unpaired) electrons. The van der Waals surface area contributed by atoms with Crippen molar-refractivity contribution >= 4 is 11.9 Å². The van der Waals surface area contributed by atoms with E-state index in [2.05, 4.69) is 45.3 Å². The third-order valence-electron chi connectivity index (χ3n) is 3.37. The van der Waals surface area contributed by atoms with E-state index in [1.165, 1.54) is 11.3 Å². The van der Waals surface area contributed by atoms with E-state index in [9.17, 15) is 0 Å². The Balaban J connectivity index is 1.77. The van der Waals surface area contributed by atoms with Crippen LogP contribution in [-0.2, 0) is 4.74 Å².